The van der Waals surface area contributed by atoms with E-state index < -0.39 is 11.5 Å². The molecule has 9 heteroatoms. The van der Waals surface area contributed by atoms with Gasteiger partial charge in [0.1, 0.15) is 17.4 Å². The van der Waals surface area contributed by atoms with Crippen LogP contribution in [0, 0.1) is 5.92 Å². The van der Waals surface area contributed by atoms with Crippen LogP contribution in [0.4, 0.5) is 0 Å². The lowest BCUT2D eigenvalue weighted by atomic mass is 9.93. The molecule has 4 rings (SSSR count). The number of fused-ring (bicyclic) bond motifs is 3. The van der Waals surface area contributed by atoms with Gasteiger partial charge in [0.15, 0.2) is 11.3 Å². The van der Waals surface area contributed by atoms with E-state index in [1.165, 1.54) is 0 Å². The molecule has 0 bridgehead atoms. The molecule has 3 aromatic rings. The van der Waals surface area contributed by atoms with Crippen LogP contribution < -0.4 is 5.14 Å². The molecule has 0 spiro atoms. The predicted octanol–water partition coefficient (Wildman–Crippen LogP) is 0.568. The molecule has 8 nitrogen and oxygen atoms in total. The van der Waals surface area contributed by atoms with Crippen LogP contribution in [0.15, 0.2) is 18.5 Å². The average molecular weight is 319 g/mol. The van der Waals surface area contributed by atoms with Gasteiger partial charge in [-0.3, -0.25) is 4.40 Å². The van der Waals surface area contributed by atoms with Crippen molar-refractivity contribution in [1.29, 1.82) is 0 Å². The van der Waals surface area contributed by atoms with Crippen molar-refractivity contribution < 1.29 is 4.55 Å². The number of nitrogens with one attached hydrogen (secondary N) is 1. The topological polar surface area (TPSA) is 111 Å². The second kappa shape index (κ2) is 5.20. The molecule has 3 atom stereocenters. The third-order valence-corrected chi connectivity index (χ3v) is 5.29. The van der Waals surface area contributed by atoms with Crippen molar-refractivity contribution in [3.63, 3.8) is 0 Å². The first kappa shape index (κ1) is 13.9. The minimum Gasteiger partial charge on any atom is -0.579 e. The Morgan fingerprint density at radius 3 is 3.09 bits per heavy atom. The highest BCUT2D eigenvalue weighted by molar-refractivity contribution is 7.86. The smallest absolute Gasteiger partial charge is 0.179 e. The molecule has 1 aliphatic rings. The largest absolute Gasteiger partial charge is 0.579 e. The van der Waals surface area contributed by atoms with E-state index in [9.17, 15) is 4.55 Å². The van der Waals surface area contributed by atoms with Crippen molar-refractivity contribution >= 4 is 28.4 Å². The summed E-state index contributed by atoms with van der Waals surface area (Å²) in [6.07, 6.45) is 4.55. The summed E-state index contributed by atoms with van der Waals surface area (Å²) >= 11 is -1.44. The highest BCUT2D eigenvalue weighted by atomic mass is 32.2. The van der Waals surface area contributed by atoms with Gasteiger partial charge in [0, 0.05) is 18.7 Å². The maximum atomic E-state index is 11.6. The average Bonchev–Trinajstić information content (AvgIpc) is 3.22. The fourth-order valence-electron chi connectivity index (χ4n) is 3.32. The van der Waals surface area contributed by atoms with Crippen molar-refractivity contribution in [1.82, 2.24) is 28.9 Å². The lowest BCUT2D eigenvalue weighted by Crippen LogP contribution is -2.35. The molecule has 116 valence electrons. The van der Waals surface area contributed by atoms with E-state index in [4.69, 9.17) is 5.14 Å². The van der Waals surface area contributed by atoms with Crippen molar-refractivity contribution in [2.75, 3.05) is 13.1 Å². The SMILES string of the molecule is CCC1CN([S+](N)[O-])CC1c1nnc2cnc3[nH]ccc3n12. The Morgan fingerprint density at radius 1 is 1.45 bits per heavy atom. The number of hydrogen-bond acceptors (Lipinski definition) is 6. The fourth-order valence-corrected chi connectivity index (χ4v) is 3.97. The molecule has 3 aromatic heterocycles. The first-order chi connectivity index (χ1) is 10.7. The molecule has 1 saturated heterocycles. The molecule has 3 N–H and O–H groups in total. The van der Waals surface area contributed by atoms with Gasteiger partial charge in [0.25, 0.3) is 0 Å². The Labute approximate surface area is 130 Å². The van der Waals surface area contributed by atoms with Gasteiger partial charge in [-0.15, -0.1) is 19.6 Å². The molecular formula is C13H17N7OS. The van der Waals surface area contributed by atoms with Gasteiger partial charge in [0.2, 0.25) is 0 Å². The molecule has 0 amide bonds. The van der Waals surface area contributed by atoms with Crippen molar-refractivity contribution in [2.24, 2.45) is 11.1 Å². The molecule has 3 unspecified atom stereocenters. The van der Waals surface area contributed by atoms with E-state index in [0.717, 1.165) is 35.6 Å². The van der Waals surface area contributed by atoms with Gasteiger partial charge in [0.05, 0.1) is 18.3 Å². The number of aromatic amines is 1. The van der Waals surface area contributed by atoms with Gasteiger partial charge in [-0.1, -0.05) is 13.3 Å². The molecule has 1 fully saturated rings. The van der Waals surface area contributed by atoms with Gasteiger partial charge in [-0.2, -0.15) is 0 Å². The summed E-state index contributed by atoms with van der Waals surface area (Å²) in [7, 11) is 0. The highest BCUT2D eigenvalue weighted by Crippen LogP contribution is 2.35. The lowest BCUT2D eigenvalue weighted by molar-refractivity contribution is 0.450. The Hall–Kier alpha value is -1.68. The Balaban J connectivity index is 1.85. The minimum atomic E-state index is -1.44. The summed E-state index contributed by atoms with van der Waals surface area (Å²) in [6.45, 7) is 3.49. The van der Waals surface area contributed by atoms with Gasteiger partial charge in [-0.25, -0.2) is 4.98 Å². The first-order valence-electron chi connectivity index (χ1n) is 7.27. The zero-order valence-corrected chi connectivity index (χ0v) is 13.0. The number of nitrogens with two attached hydrogens (primary N) is 1. The summed E-state index contributed by atoms with van der Waals surface area (Å²) in [5.74, 6) is 1.41. The summed E-state index contributed by atoms with van der Waals surface area (Å²) < 4.78 is 15.5. The monoisotopic (exact) mass is 319 g/mol. The summed E-state index contributed by atoms with van der Waals surface area (Å²) in [5.41, 5.74) is 2.49. The molecule has 1 aliphatic heterocycles. The van der Waals surface area contributed by atoms with Crippen molar-refractivity contribution in [2.45, 2.75) is 19.3 Å². The fraction of sp³-hybridized carbons (Fsp3) is 0.462. The van der Waals surface area contributed by atoms with Crippen LogP contribution in [0.1, 0.15) is 25.1 Å². The highest BCUT2D eigenvalue weighted by Gasteiger charge is 2.40. The van der Waals surface area contributed by atoms with E-state index in [2.05, 4.69) is 27.1 Å². The quantitative estimate of drug-likeness (QED) is 0.683. The van der Waals surface area contributed by atoms with Gasteiger partial charge >= 0.3 is 0 Å². The molecule has 0 radical (unpaired) electrons. The second-order valence-corrected chi connectivity index (χ2v) is 6.69. The molecule has 0 aromatic carbocycles. The zero-order chi connectivity index (χ0) is 15.3. The normalized spacial score (nSPS) is 24.5. The Morgan fingerprint density at radius 2 is 2.32 bits per heavy atom. The lowest BCUT2D eigenvalue weighted by Gasteiger charge is -2.14. The number of aromatic nitrogens is 5. The van der Waals surface area contributed by atoms with Crippen LogP contribution in [0.25, 0.3) is 16.8 Å². The Bertz CT molecular complexity index is 813. The molecular weight excluding hydrogens is 302 g/mol. The van der Waals surface area contributed by atoms with E-state index in [1.54, 1.807) is 10.5 Å². The van der Waals surface area contributed by atoms with Crippen LogP contribution in [-0.2, 0) is 11.5 Å². The third-order valence-electron chi connectivity index (χ3n) is 4.49. The summed E-state index contributed by atoms with van der Waals surface area (Å²) in [5, 5.41) is 14.2. The van der Waals surface area contributed by atoms with Crippen LogP contribution in [0.3, 0.4) is 0 Å². The van der Waals surface area contributed by atoms with E-state index in [-0.39, 0.29) is 5.92 Å². The molecule has 22 heavy (non-hydrogen) atoms. The Kier molecular flexibility index (Phi) is 3.30. The van der Waals surface area contributed by atoms with Crippen molar-refractivity contribution in [3.8, 4) is 0 Å². The maximum absolute atomic E-state index is 11.6. The summed E-state index contributed by atoms with van der Waals surface area (Å²) in [6, 6.07) is 1.97. The number of H-pyrrole nitrogens is 1. The standard InChI is InChI=1S/C13H17N7OS/c1-2-8-6-19(22(14)21)7-9(8)13-18-17-11-5-16-12-10(20(11)13)3-4-15-12/h3-5,8-9,15H,2,6-7,14H2,1H3. The first-order valence-corrected chi connectivity index (χ1v) is 8.44. The van der Waals surface area contributed by atoms with Crippen LogP contribution >= 0.6 is 0 Å². The number of nitrogens with zero attached hydrogens (tertiary/aromatic N) is 5. The van der Waals surface area contributed by atoms with Crippen LogP contribution in [-0.4, -0.2) is 46.5 Å². The van der Waals surface area contributed by atoms with Gasteiger partial charge in [-0.05, 0) is 12.0 Å². The summed E-state index contributed by atoms with van der Waals surface area (Å²) in [4.78, 5) is 7.44. The second-order valence-electron chi connectivity index (χ2n) is 5.62. The zero-order valence-electron chi connectivity index (χ0n) is 12.1. The van der Waals surface area contributed by atoms with E-state index in [0.29, 0.717) is 12.5 Å². The number of rotatable bonds is 3. The van der Waals surface area contributed by atoms with E-state index >= 15 is 0 Å². The third kappa shape index (κ3) is 2.01. The van der Waals surface area contributed by atoms with Crippen LogP contribution in [0.2, 0.25) is 0 Å². The van der Waals surface area contributed by atoms with Crippen LogP contribution in [0.5, 0.6) is 0 Å². The predicted molar refractivity (Wildman–Crippen MR) is 83.1 cm³/mol. The van der Waals surface area contributed by atoms with Crippen molar-refractivity contribution in [3.05, 3.63) is 24.3 Å². The molecule has 0 aliphatic carbocycles. The number of hydrogen-bond donors (Lipinski definition) is 2. The van der Waals surface area contributed by atoms with Gasteiger partial charge < -0.3 is 9.54 Å². The maximum Gasteiger partial charge on any atom is 0.179 e. The molecule has 4 heterocycles. The molecule has 0 saturated carbocycles. The van der Waals surface area contributed by atoms with E-state index in [1.807, 2.05) is 16.7 Å². The minimum absolute atomic E-state index is 0.160.